The van der Waals surface area contributed by atoms with Crippen LogP contribution in [0.4, 0.5) is 0 Å². The Bertz CT molecular complexity index is 300. The highest BCUT2D eigenvalue weighted by molar-refractivity contribution is 5.88. The van der Waals surface area contributed by atoms with Crippen molar-refractivity contribution in [2.75, 3.05) is 0 Å². The van der Waals surface area contributed by atoms with E-state index in [0.717, 1.165) is 6.42 Å². The van der Waals surface area contributed by atoms with Crippen LogP contribution < -0.4 is 5.73 Å². The van der Waals surface area contributed by atoms with Crippen molar-refractivity contribution < 1.29 is 4.79 Å². The zero-order valence-corrected chi connectivity index (χ0v) is 7.68. The van der Waals surface area contributed by atoms with Crippen molar-refractivity contribution in [3.8, 4) is 0 Å². The average Bonchev–Trinajstić information content (AvgIpc) is 2.33. The van der Waals surface area contributed by atoms with Gasteiger partial charge in [-0.05, 0) is 36.0 Å². The van der Waals surface area contributed by atoms with Crippen LogP contribution in [0.25, 0.3) is 0 Å². The summed E-state index contributed by atoms with van der Waals surface area (Å²) in [5.74, 6) is 0.601. The van der Waals surface area contributed by atoms with Crippen molar-refractivity contribution in [2.24, 2.45) is 27.9 Å². The van der Waals surface area contributed by atoms with Crippen molar-refractivity contribution in [3.63, 3.8) is 0 Å². The van der Waals surface area contributed by atoms with Crippen LogP contribution >= 0.6 is 0 Å². The van der Waals surface area contributed by atoms with E-state index in [1.165, 1.54) is 12.8 Å². The first kappa shape index (κ1) is 6.93. The van der Waals surface area contributed by atoms with Gasteiger partial charge in [0.05, 0.1) is 5.41 Å². The maximum absolute atomic E-state index is 11.4. The minimum atomic E-state index is -0.0677. The van der Waals surface area contributed by atoms with E-state index in [9.17, 15) is 4.79 Å². The molecule has 0 unspecified atom stereocenters. The van der Waals surface area contributed by atoms with Crippen molar-refractivity contribution in [3.05, 3.63) is 0 Å². The van der Waals surface area contributed by atoms with E-state index in [2.05, 4.69) is 13.8 Å². The fourth-order valence-electron chi connectivity index (χ4n) is 4.76. The Kier molecular flexibility index (Phi) is 0.774. The van der Waals surface area contributed by atoms with E-state index in [1.807, 2.05) is 0 Å². The second-order valence-electron chi connectivity index (χ2n) is 5.35. The summed E-state index contributed by atoms with van der Waals surface area (Å²) in [6.07, 6.45) is 3.52. The Morgan fingerprint density at radius 3 is 2.42 bits per heavy atom. The van der Waals surface area contributed by atoms with Crippen molar-refractivity contribution in [1.29, 1.82) is 0 Å². The van der Waals surface area contributed by atoms with Gasteiger partial charge in [-0.3, -0.25) is 4.79 Å². The van der Waals surface area contributed by atoms with Gasteiger partial charge >= 0.3 is 0 Å². The molecular formula is C10H15NO. The van der Waals surface area contributed by atoms with Gasteiger partial charge in [-0.1, -0.05) is 13.8 Å². The highest BCUT2D eigenvalue weighted by Gasteiger charge is 2.91. The highest BCUT2D eigenvalue weighted by atomic mass is 16.1. The lowest BCUT2D eigenvalue weighted by molar-refractivity contribution is -0.327. The van der Waals surface area contributed by atoms with Crippen molar-refractivity contribution >= 4 is 5.91 Å². The molecule has 2 N–H and O–H groups in total. The number of primary amides is 1. The largest absolute Gasteiger partial charge is 0.369 e. The van der Waals surface area contributed by atoms with E-state index in [1.54, 1.807) is 0 Å². The third-order valence-corrected chi connectivity index (χ3v) is 5.63. The summed E-state index contributed by atoms with van der Waals surface area (Å²) in [5, 5.41) is 0. The molecule has 0 aromatic carbocycles. The molecule has 0 radical (unpaired) electrons. The molecule has 5 aliphatic carbocycles. The summed E-state index contributed by atoms with van der Waals surface area (Å²) in [5.41, 5.74) is 6.18. The third-order valence-electron chi connectivity index (χ3n) is 5.63. The quantitative estimate of drug-likeness (QED) is 0.625. The first-order valence-electron chi connectivity index (χ1n) is 4.79. The Labute approximate surface area is 72.5 Å². The van der Waals surface area contributed by atoms with Crippen LogP contribution in [0.3, 0.4) is 0 Å². The van der Waals surface area contributed by atoms with Gasteiger partial charge in [-0.2, -0.15) is 0 Å². The normalized spacial score (nSPS) is 65.3. The lowest BCUT2D eigenvalue weighted by atomic mass is 9.21. The summed E-state index contributed by atoms with van der Waals surface area (Å²) >= 11 is 0. The predicted molar refractivity (Wildman–Crippen MR) is 45.2 cm³/mol. The third kappa shape index (κ3) is 0.301. The van der Waals surface area contributed by atoms with Crippen LogP contribution in [-0.2, 0) is 4.79 Å². The maximum atomic E-state index is 11.4. The number of hydrogen-bond donors (Lipinski definition) is 1. The Hall–Kier alpha value is -0.530. The number of amides is 1. The van der Waals surface area contributed by atoms with Gasteiger partial charge in [0, 0.05) is 0 Å². The number of fused-ring (bicyclic) bond motifs is 1. The lowest BCUT2D eigenvalue weighted by Crippen LogP contribution is -2.81. The lowest BCUT2D eigenvalue weighted by Gasteiger charge is -2.81. The molecule has 5 rings (SSSR count). The molecule has 2 nitrogen and oxygen atoms in total. The topological polar surface area (TPSA) is 43.1 Å². The van der Waals surface area contributed by atoms with Gasteiger partial charge in [0.2, 0.25) is 5.91 Å². The molecular weight excluding hydrogens is 150 g/mol. The van der Waals surface area contributed by atoms with Gasteiger partial charge in [0.1, 0.15) is 0 Å². The molecule has 0 heterocycles. The minimum absolute atomic E-state index is 0.0313. The van der Waals surface area contributed by atoms with Gasteiger partial charge in [-0.15, -0.1) is 0 Å². The van der Waals surface area contributed by atoms with Crippen LogP contribution in [0.5, 0.6) is 0 Å². The number of rotatable bonds is 1. The summed E-state index contributed by atoms with van der Waals surface area (Å²) < 4.78 is 0. The highest BCUT2D eigenvalue weighted by Crippen LogP contribution is 2.93. The van der Waals surface area contributed by atoms with Gasteiger partial charge in [0.15, 0.2) is 0 Å². The molecule has 2 heteroatoms. The second kappa shape index (κ2) is 1.34. The predicted octanol–water partition coefficient (Wildman–Crippen LogP) is 1.30. The number of nitrogens with two attached hydrogens (primary N) is 1. The fourth-order valence-corrected chi connectivity index (χ4v) is 4.76. The number of hydrogen-bond acceptors (Lipinski definition) is 1. The summed E-state index contributed by atoms with van der Waals surface area (Å²) in [4.78, 5) is 11.4. The SMILES string of the molecule is C[C@]12CC[C@@H]3[C@]1(C)C[C@@]32C(N)=O. The minimum Gasteiger partial charge on any atom is -0.369 e. The zero-order valence-electron chi connectivity index (χ0n) is 7.68. The molecule has 0 spiro atoms. The Morgan fingerprint density at radius 2 is 2.17 bits per heavy atom. The van der Waals surface area contributed by atoms with E-state index in [-0.39, 0.29) is 16.7 Å². The van der Waals surface area contributed by atoms with Crippen LogP contribution in [0.15, 0.2) is 0 Å². The molecule has 0 aromatic heterocycles. The van der Waals surface area contributed by atoms with Gasteiger partial charge in [0.25, 0.3) is 0 Å². The van der Waals surface area contributed by atoms with Crippen molar-refractivity contribution in [2.45, 2.75) is 33.1 Å². The van der Waals surface area contributed by atoms with Gasteiger partial charge in [-0.25, -0.2) is 0 Å². The Morgan fingerprint density at radius 1 is 1.50 bits per heavy atom. The molecule has 12 heavy (non-hydrogen) atoms. The molecule has 5 saturated carbocycles. The maximum Gasteiger partial charge on any atom is 0.224 e. The number of carbonyl (C=O) groups is 1. The molecule has 1 amide bonds. The standard InChI is InChI=1S/C10H15NO/c1-8-5-10(7(11)12)6(8)3-4-9(8,10)2/h6H,3-5H2,1-2H3,(H2,11,12)/t6-,8+,9+,10+/m1/s1. The average molecular weight is 165 g/mol. The van der Waals surface area contributed by atoms with E-state index in [4.69, 9.17) is 5.73 Å². The molecule has 5 fully saturated rings. The van der Waals surface area contributed by atoms with Crippen LogP contribution in [0, 0.1) is 22.2 Å². The molecule has 0 aromatic rings. The van der Waals surface area contributed by atoms with Crippen LogP contribution in [0.2, 0.25) is 0 Å². The van der Waals surface area contributed by atoms with Gasteiger partial charge < -0.3 is 5.73 Å². The van der Waals surface area contributed by atoms with E-state index >= 15 is 0 Å². The van der Waals surface area contributed by atoms with Crippen LogP contribution in [-0.4, -0.2) is 5.91 Å². The second-order valence-corrected chi connectivity index (χ2v) is 5.35. The van der Waals surface area contributed by atoms with Crippen molar-refractivity contribution in [1.82, 2.24) is 0 Å². The van der Waals surface area contributed by atoms with E-state index in [0.29, 0.717) is 11.3 Å². The summed E-state index contributed by atoms with van der Waals surface area (Å²) in [7, 11) is 0. The smallest absolute Gasteiger partial charge is 0.224 e. The summed E-state index contributed by atoms with van der Waals surface area (Å²) in [6.45, 7) is 4.58. The molecule has 66 valence electrons. The molecule has 0 saturated heterocycles. The number of carbonyl (C=O) groups excluding carboxylic acids is 1. The Balaban J connectivity index is 2.12. The molecule has 4 atom stereocenters. The first-order chi connectivity index (χ1) is 5.49. The molecule has 5 aliphatic rings. The van der Waals surface area contributed by atoms with Crippen LogP contribution in [0.1, 0.15) is 33.1 Å². The summed E-state index contributed by atoms with van der Waals surface area (Å²) in [6, 6.07) is 0. The fraction of sp³-hybridized carbons (Fsp3) is 0.900. The monoisotopic (exact) mass is 165 g/mol. The first-order valence-corrected chi connectivity index (χ1v) is 4.79. The van der Waals surface area contributed by atoms with E-state index < -0.39 is 0 Å². The molecule has 4 bridgehead atoms. The molecule has 0 aliphatic heterocycles. The zero-order chi connectivity index (χ0) is 8.78.